The van der Waals surface area contributed by atoms with Crippen molar-refractivity contribution in [2.45, 2.75) is 32.4 Å². The van der Waals surface area contributed by atoms with E-state index in [1.54, 1.807) is 16.2 Å². The van der Waals surface area contributed by atoms with Crippen LogP contribution in [-0.4, -0.2) is 33.5 Å². The average molecular weight is 226 g/mol. The van der Waals surface area contributed by atoms with Crippen molar-refractivity contribution in [1.29, 1.82) is 0 Å². The predicted octanol–water partition coefficient (Wildman–Crippen LogP) is 0.799. The Morgan fingerprint density at radius 1 is 1.73 bits per heavy atom. The van der Waals surface area contributed by atoms with E-state index in [9.17, 15) is 9.90 Å². The maximum Gasteiger partial charge on any atom is 0.225 e. The van der Waals surface area contributed by atoms with Crippen LogP contribution in [-0.2, 0) is 17.8 Å². The smallest absolute Gasteiger partial charge is 0.225 e. The van der Waals surface area contributed by atoms with Gasteiger partial charge in [-0.05, 0) is 6.42 Å². The lowest BCUT2D eigenvalue weighted by Gasteiger charge is -2.13. The SMILES string of the molecule is CCc1cnc(CN2CC(O)CC2=O)s1. The fourth-order valence-electron chi connectivity index (χ4n) is 1.65. The minimum atomic E-state index is -0.497. The number of hydrogen-bond acceptors (Lipinski definition) is 4. The van der Waals surface area contributed by atoms with Gasteiger partial charge in [-0.2, -0.15) is 0 Å². The highest BCUT2D eigenvalue weighted by Crippen LogP contribution is 2.19. The van der Waals surface area contributed by atoms with Crippen LogP contribution in [0.1, 0.15) is 23.2 Å². The Morgan fingerprint density at radius 3 is 3.07 bits per heavy atom. The Labute approximate surface area is 92.6 Å². The number of carbonyl (C=O) groups is 1. The number of thiazole rings is 1. The van der Waals surface area contributed by atoms with Gasteiger partial charge in [0.2, 0.25) is 5.91 Å². The Hall–Kier alpha value is -0.940. The molecule has 1 aliphatic heterocycles. The Morgan fingerprint density at radius 2 is 2.53 bits per heavy atom. The number of β-amino-alcohol motifs (C(OH)–C–C–N with tert-alkyl or cyclic N) is 1. The summed E-state index contributed by atoms with van der Waals surface area (Å²) in [6.45, 7) is 3.07. The van der Waals surface area contributed by atoms with Gasteiger partial charge >= 0.3 is 0 Å². The third-order valence-electron chi connectivity index (χ3n) is 2.47. The summed E-state index contributed by atoms with van der Waals surface area (Å²) in [5, 5.41) is 10.3. The molecular formula is C10H14N2O2S. The van der Waals surface area contributed by atoms with Crippen molar-refractivity contribution in [1.82, 2.24) is 9.88 Å². The van der Waals surface area contributed by atoms with Crippen molar-refractivity contribution in [2.75, 3.05) is 6.54 Å². The van der Waals surface area contributed by atoms with Gasteiger partial charge in [0.15, 0.2) is 0 Å². The van der Waals surface area contributed by atoms with Crippen LogP contribution < -0.4 is 0 Å². The number of aliphatic hydroxyl groups excluding tert-OH is 1. The lowest BCUT2D eigenvalue weighted by atomic mass is 10.3. The molecule has 82 valence electrons. The van der Waals surface area contributed by atoms with Crippen molar-refractivity contribution in [2.24, 2.45) is 0 Å². The lowest BCUT2D eigenvalue weighted by Crippen LogP contribution is -2.25. The van der Waals surface area contributed by atoms with E-state index in [1.807, 2.05) is 6.20 Å². The number of aromatic nitrogens is 1. The molecule has 1 aromatic heterocycles. The number of nitrogens with zero attached hydrogens (tertiary/aromatic N) is 2. The first-order valence-electron chi connectivity index (χ1n) is 5.08. The van der Waals surface area contributed by atoms with Crippen LogP contribution in [0.4, 0.5) is 0 Å². The lowest BCUT2D eigenvalue weighted by molar-refractivity contribution is -0.128. The largest absolute Gasteiger partial charge is 0.391 e. The summed E-state index contributed by atoms with van der Waals surface area (Å²) in [6.07, 6.45) is 2.60. The van der Waals surface area contributed by atoms with Crippen LogP contribution in [0.5, 0.6) is 0 Å². The summed E-state index contributed by atoms with van der Waals surface area (Å²) < 4.78 is 0. The molecule has 1 aliphatic rings. The zero-order valence-corrected chi connectivity index (χ0v) is 9.46. The normalized spacial score (nSPS) is 21.3. The Balaban J connectivity index is 1.99. The van der Waals surface area contributed by atoms with Gasteiger partial charge in [-0.25, -0.2) is 4.98 Å². The third kappa shape index (κ3) is 2.35. The summed E-state index contributed by atoms with van der Waals surface area (Å²) in [7, 11) is 0. The van der Waals surface area contributed by atoms with Crippen LogP contribution in [0.2, 0.25) is 0 Å². The number of hydrogen-bond donors (Lipinski definition) is 1. The van der Waals surface area contributed by atoms with Crippen molar-refractivity contribution < 1.29 is 9.90 Å². The summed E-state index contributed by atoms with van der Waals surface area (Å²) >= 11 is 1.64. The Bertz CT molecular complexity index is 364. The van der Waals surface area contributed by atoms with Crippen molar-refractivity contribution >= 4 is 17.2 Å². The first kappa shape index (κ1) is 10.6. The molecule has 0 aromatic carbocycles. The fraction of sp³-hybridized carbons (Fsp3) is 0.600. The molecular weight excluding hydrogens is 212 g/mol. The molecule has 0 radical (unpaired) electrons. The standard InChI is InChI=1S/C10H14N2O2S/c1-2-8-4-11-9(15-8)6-12-5-7(13)3-10(12)14/h4,7,13H,2-3,5-6H2,1H3. The van der Waals surface area contributed by atoms with Crippen molar-refractivity contribution in [3.05, 3.63) is 16.1 Å². The molecule has 1 N–H and O–H groups in total. The van der Waals surface area contributed by atoms with E-state index in [1.165, 1.54) is 4.88 Å². The molecule has 1 amide bonds. The molecule has 2 heterocycles. The number of aryl methyl sites for hydroxylation is 1. The molecule has 0 saturated carbocycles. The van der Waals surface area contributed by atoms with Crippen molar-refractivity contribution in [3.8, 4) is 0 Å². The van der Waals surface area contributed by atoms with Gasteiger partial charge in [0.05, 0.1) is 19.1 Å². The second-order valence-electron chi connectivity index (χ2n) is 3.71. The van der Waals surface area contributed by atoms with E-state index < -0.39 is 6.10 Å². The predicted molar refractivity (Wildman–Crippen MR) is 57.5 cm³/mol. The number of likely N-dealkylation sites (tertiary alicyclic amines) is 1. The van der Waals surface area contributed by atoms with Gasteiger partial charge in [-0.1, -0.05) is 6.92 Å². The molecule has 1 atom stereocenters. The van der Waals surface area contributed by atoms with E-state index in [-0.39, 0.29) is 12.3 Å². The van der Waals surface area contributed by atoms with Crippen LogP contribution in [0.25, 0.3) is 0 Å². The first-order valence-corrected chi connectivity index (χ1v) is 5.90. The highest BCUT2D eigenvalue weighted by molar-refractivity contribution is 7.11. The van der Waals surface area contributed by atoms with Gasteiger partial charge < -0.3 is 10.0 Å². The van der Waals surface area contributed by atoms with Crippen LogP contribution in [0, 0.1) is 0 Å². The molecule has 0 spiro atoms. The van der Waals surface area contributed by atoms with Crippen molar-refractivity contribution in [3.63, 3.8) is 0 Å². The van der Waals surface area contributed by atoms with E-state index in [0.29, 0.717) is 13.1 Å². The summed E-state index contributed by atoms with van der Waals surface area (Å²) in [6, 6.07) is 0. The Kier molecular flexibility index (Phi) is 3.02. The molecule has 15 heavy (non-hydrogen) atoms. The van der Waals surface area contributed by atoms with Gasteiger partial charge in [0, 0.05) is 17.6 Å². The molecule has 4 nitrogen and oxygen atoms in total. The van der Waals surface area contributed by atoms with E-state index in [2.05, 4.69) is 11.9 Å². The van der Waals surface area contributed by atoms with Gasteiger partial charge in [0.1, 0.15) is 5.01 Å². The molecule has 1 fully saturated rings. The minimum absolute atomic E-state index is 0.0238. The zero-order chi connectivity index (χ0) is 10.8. The van der Waals surface area contributed by atoms with Crippen LogP contribution in [0.15, 0.2) is 6.20 Å². The summed E-state index contributed by atoms with van der Waals surface area (Å²) in [5.41, 5.74) is 0. The third-order valence-corrected chi connectivity index (χ3v) is 3.60. The molecule has 1 aromatic rings. The number of rotatable bonds is 3. The maximum atomic E-state index is 11.4. The van der Waals surface area contributed by atoms with Gasteiger partial charge in [-0.3, -0.25) is 4.79 Å². The second-order valence-corrected chi connectivity index (χ2v) is 4.91. The first-order chi connectivity index (χ1) is 7.19. The number of amides is 1. The topological polar surface area (TPSA) is 53.4 Å². The average Bonchev–Trinajstić information content (AvgIpc) is 2.75. The minimum Gasteiger partial charge on any atom is -0.391 e. The highest BCUT2D eigenvalue weighted by atomic mass is 32.1. The van der Waals surface area contributed by atoms with Gasteiger partial charge in [-0.15, -0.1) is 11.3 Å². The highest BCUT2D eigenvalue weighted by Gasteiger charge is 2.28. The van der Waals surface area contributed by atoms with E-state index >= 15 is 0 Å². The van der Waals surface area contributed by atoms with Gasteiger partial charge in [0.25, 0.3) is 0 Å². The van der Waals surface area contributed by atoms with Crippen LogP contribution in [0.3, 0.4) is 0 Å². The summed E-state index contributed by atoms with van der Waals surface area (Å²) in [5.74, 6) is 0.0238. The molecule has 0 aliphatic carbocycles. The zero-order valence-electron chi connectivity index (χ0n) is 8.64. The van der Waals surface area contributed by atoms with E-state index in [0.717, 1.165) is 11.4 Å². The molecule has 5 heteroatoms. The monoisotopic (exact) mass is 226 g/mol. The molecule has 2 rings (SSSR count). The number of carbonyl (C=O) groups excluding carboxylic acids is 1. The fourth-order valence-corrected chi connectivity index (χ4v) is 2.53. The van der Waals surface area contributed by atoms with E-state index in [4.69, 9.17) is 0 Å². The number of aliphatic hydroxyl groups is 1. The van der Waals surface area contributed by atoms with Crippen LogP contribution >= 0.6 is 11.3 Å². The maximum absolute atomic E-state index is 11.4. The second kappa shape index (κ2) is 4.28. The quantitative estimate of drug-likeness (QED) is 0.829. The summed E-state index contributed by atoms with van der Waals surface area (Å²) in [4.78, 5) is 18.6. The molecule has 1 saturated heterocycles. The molecule has 0 bridgehead atoms. The molecule has 1 unspecified atom stereocenters.